The molecule has 10 nitrogen and oxygen atoms in total. The van der Waals surface area contributed by atoms with Crippen molar-refractivity contribution in [2.24, 2.45) is 0 Å². The maximum Gasteiger partial charge on any atom is 0.410 e. The molecule has 2 saturated heterocycles. The maximum absolute atomic E-state index is 13.7. The van der Waals surface area contributed by atoms with Gasteiger partial charge in [-0.15, -0.1) is 11.3 Å². The molecule has 3 aliphatic rings. The normalized spacial score (nSPS) is 18.4. The van der Waals surface area contributed by atoms with E-state index in [1.165, 1.54) is 0 Å². The highest BCUT2D eigenvalue weighted by atomic mass is 32.1. The van der Waals surface area contributed by atoms with Gasteiger partial charge in [-0.05, 0) is 89.3 Å². The number of carbonyl (C=O) groups is 3. The van der Waals surface area contributed by atoms with Crippen LogP contribution in [0.1, 0.15) is 73.1 Å². The van der Waals surface area contributed by atoms with Crippen molar-refractivity contribution in [2.75, 3.05) is 51.3 Å². The van der Waals surface area contributed by atoms with E-state index in [1.807, 2.05) is 62.2 Å². The minimum Gasteiger partial charge on any atom is -0.444 e. The van der Waals surface area contributed by atoms with E-state index in [2.05, 4.69) is 30.1 Å². The number of carbonyl (C=O) groups excluding carboxylic acids is 3. The lowest BCUT2D eigenvalue weighted by atomic mass is 9.87. The molecule has 11 heteroatoms. The van der Waals surface area contributed by atoms with Crippen molar-refractivity contribution in [1.82, 2.24) is 20.1 Å². The summed E-state index contributed by atoms with van der Waals surface area (Å²) < 4.78 is 11.2. The Hall–Kier alpha value is -3.96. The van der Waals surface area contributed by atoms with Crippen molar-refractivity contribution < 1.29 is 23.9 Å². The fourth-order valence-electron chi connectivity index (χ4n) is 6.62. The predicted octanol–water partition coefficient (Wildman–Crippen LogP) is 5.85. The molecule has 1 aromatic carbocycles. The largest absolute Gasteiger partial charge is 0.444 e. The number of aromatic nitrogens is 1. The average Bonchev–Trinajstić information content (AvgIpc) is 3.43. The first kappa shape index (κ1) is 33.0. The van der Waals surface area contributed by atoms with Crippen LogP contribution in [0.15, 0.2) is 42.6 Å². The lowest BCUT2D eigenvalue weighted by molar-refractivity contribution is 0.0155. The first-order chi connectivity index (χ1) is 22.3. The van der Waals surface area contributed by atoms with E-state index in [4.69, 9.17) is 14.5 Å². The predicted molar refractivity (Wildman–Crippen MR) is 184 cm³/mol. The standard InChI is InChI=1S/C36H45N5O5S/c1-35(2,3)46-34(44)39(6)26-11-14-40(15-12-26)32(43)25-9-7-8-23(20-25)28-21-24(10-13-37-28)29-27-22-36(4,5)38-31(42)30(27)47-33(29)41-16-18-45-19-17-41/h7-10,13,20-21,26H,11-12,14-19,22H2,1-6H3,(H,38,42). The van der Waals surface area contributed by atoms with Crippen LogP contribution in [0.25, 0.3) is 22.4 Å². The fourth-order valence-corrected chi connectivity index (χ4v) is 7.91. The van der Waals surface area contributed by atoms with E-state index in [-0.39, 0.29) is 29.5 Å². The molecule has 0 unspecified atom stereocenters. The van der Waals surface area contributed by atoms with E-state index in [0.29, 0.717) is 44.7 Å². The van der Waals surface area contributed by atoms with Crippen LogP contribution in [-0.2, 0) is 15.9 Å². The van der Waals surface area contributed by atoms with Crippen LogP contribution < -0.4 is 10.2 Å². The van der Waals surface area contributed by atoms with E-state index in [1.54, 1.807) is 23.3 Å². The van der Waals surface area contributed by atoms with Crippen molar-refractivity contribution in [1.29, 1.82) is 0 Å². The second-order valence-electron chi connectivity index (χ2n) is 14.3. The van der Waals surface area contributed by atoms with Crippen molar-refractivity contribution in [3.05, 3.63) is 58.6 Å². The number of anilines is 1. The summed E-state index contributed by atoms with van der Waals surface area (Å²) in [5, 5.41) is 4.26. The molecule has 0 bridgehead atoms. The molecule has 2 fully saturated rings. The number of ether oxygens (including phenoxy) is 2. The Morgan fingerprint density at radius 1 is 1.06 bits per heavy atom. The number of thiophene rings is 1. The highest BCUT2D eigenvalue weighted by Gasteiger charge is 2.37. The molecule has 0 radical (unpaired) electrons. The van der Waals surface area contributed by atoms with Gasteiger partial charge in [0.25, 0.3) is 11.8 Å². The third-order valence-electron chi connectivity index (χ3n) is 9.00. The minimum atomic E-state index is -0.553. The Balaban J connectivity index is 1.23. The number of rotatable bonds is 5. The number of piperidine rings is 1. The van der Waals surface area contributed by atoms with Crippen molar-refractivity contribution in [3.8, 4) is 22.4 Å². The van der Waals surface area contributed by atoms with Gasteiger partial charge in [0.05, 0.1) is 23.8 Å². The zero-order valence-corrected chi connectivity index (χ0v) is 29.0. The van der Waals surface area contributed by atoms with E-state index in [9.17, 15) is 14.4 Å². The number of likely N-dealkylation sites (tertiary alicyclic amines) is 1. The quantitative estimate of drug-likeness (QED) is 0.367. The number of nitrogens with one attached hydrogen (secondary N) is 1. The fraction of sp³-hybridized carbons (Fsp3) is 0.500. The van der Waals surface area contributed by atoms with Gasteiger partial charge in [0.2, 0.25) is 0 Å². The van der Waals surface area contributed by atoms with Gasteiger partial charge >= 0.3 is 6.09 Å². The van der Waals surface area contributed by atoms with E-state index >= 15 is 0 Å². The SMILES string of the molecule is CN(C(=O)OC(C)(C)C)C1CCN(C(=O)c2cccc(-c3cc(-c4c(N5CCOCC5)sc5c4CC(C)(C)NC5=O)ccn3)c2)CC1. The third-order valence-corrected chi connectivity index (χ3v) is 10.3. The highest BCUT2D eigenvalue weighted by Crippen LogP contribution is 2.46. The summed E-state index contributed by atoms with van der Waals surface area (Å²) in [6, 6.07) is 11.8. The van der Waals surface area contributed by atoms with E-state index < -0.39 is 5.60 Å². The molecule has 3 amide bonds. The number of benzene rings is 1. The van der Waals surface area contributed by atoms with Gasteiger partial charge in [-0.25, -0.2) is 4.79 Å². The molecule has 47 heavy (non-hydrogen) atoms. The molecule has 6 rings (SSSR count). The van der Waals surface area contributed by atoms with Gasteiger partial charge < -0.3 is 29.5 Å². The summed E-state index contributed by atoms with van der Waals surface area (Å²) in [6.45, 7) is 13.7. The maximum atomic E-state index is 13.7. The lowest BCUT2D eigenvalue weighted by Gasteiger charge is -2.37. The van der Waals surface area contributed by atoms with Gasteiger partial charge in [0.1, 0.15) is 10.6 Å². The van der Waals surface area contributed by atoms with Crippen molar-refractivity contribution >= 4 is 34.2 Å². The summed E-state index contributed by atoms with van der Waals surface area (Å²) in [4.78, 5) is 50.8. The summed E-state index contributed by atoms with van der Waals surface area (Å²) in [5.41, 5.74) is 4.49. The Kier molecular flexibility index (Phi) is 9.06. The zero-order valence-electron chi connectivity index (χ0n) is 28.2. The molecule has 5 heterocycles. The molecular formula is C36H45N5O5S. The smallest absolute Gasteiger partial charge is 0.410 e. The van der Waals surface area contributed by atoms with Crippen LogP contribution in [0.2, 0.25) is 0 Å². The highest BCUT2D eigenvalue weighted by molar-refractivity contribution is 7.19. The first-order valence-electron chi connectivity index (χ1n) is 16.4. The molecule has 0 saturated carbocycles. The molecular weight excluding hydrogens is 614 g/mol. The summed E-state index contributed by atoms with van der Waals surface area (Å²) in [7, 11) is 1.77. The Morgan fingerprint density at radius 3 is 2.49 bits per heavy atom. The average molecular weight is 660 g/mol. The van der Waals surface area contributed by atoms with Gasteiger partial charge in [-0.3, -0.25) is 14.6 Å². The minimum absolute atomic E-state index is 0.0222. The monoisotopic (exact) mass is 659 g/mol. The number of pyridine rings is 1. The van der Waals surface area contributed by atoms with Crippen LogP contribution in [0.5, 0.6) is 0 Å². The van der Waals surface area contributed by atoms with E-state index in [0.717, 1.165) is 57.3 Å². The van der Waals surface area contributed by atoms with Crippen LogP contribution in [0, 0.1) is 0 Å². The van der Waals surface area contributed by atoms with Crippen LogP contribution >= 0.6 is 11.3 Å². The summed E-state index contributed by atoms with van der Waals surface area (Å²) in [6.07, 6.45) is 3.59. The van der Waals surface area contributed by atoms with Crippen LogP contribution in [-0.4, -0.2) is 96.3 Å². The first-order valence-corrected chi connectivity index (χ1v) is 17.2. The second-order valence-corrected chi connectivity index (χ2v) is 15.3. The zero-order chi connectivity index (χ0) is 33.5. The number of amides is 3. The molecule has 2 aromatic heterocycles. The number of hydrogen-bond acceptors (Lipinski definition) is 8. The Labute approximate surface area is 281 Å². The summed E-state index contributed by atoms with van der Waals surface area (Å²) in [5.74, 6) is -0.0563. The second kappa shape index (κ2) is 12.9. The van der Waals surface area contributed by atoms with Gasteiger partial charge in [0, 0.05) is 67.7 Å². The topological polar surface area (TPSA) is 104 Å². The Bertz CT molecular complexity index is 1660. The molecule has 3 aromatic rings. The van der Waals surface area contributed by atoms with Gasteiger partial charge in [-0.2, -0.15) is 0 Å². The summed E-state index contributed by atoms with van der Waals surface area (Å²) >= 11 is 1.56. The molecule has 0 atom stereocenters. The van der Waals surface area contributed by atoms with Crippen LogP contribution in [0.3, 0.4) is 0 Å². The molecule has 250 valence electrons. The van der Waals surface area contributed by atoms with Crippen molar-refractivity contribution in [2.45, 2.75) is 71.1 Å². The number of morpholine rings is 1. The number of nitrogens with zero attached hydrogens (tertiary/aromatic N) is 4. The third kappa shape index (κ3) is 7.16. The van der Waals surface area contributed by atoms with Crippen LogP contribution in [0.4, 0.5) is 9.80 Å². The number of fused-ring (bicyclic) bond motifs is 1. The Morgan fingerprint density at radius 2 is 1.79 bits per heavy atom. The van der Waals surface area contributed by atoms with Gasteiger partial charge in [-0.1, -0.05) is 12.1 Å². The molecule has 0 spiro atoms. The molecule has 1 N–H and O–H groups in total. The molecule has 3 aliphatic heterocycles. The molecule has 0 aliphatic carbocycles. The van der Waals surface area contributed by atoms with Gasteiger partial charge in [0.15, 0.2) is 0 Å². The number of hydrogen-bond donors (Lipinski definition) is 1. The van der Waals surface area contributed by atoms with Crippen molar-refractivity contribution in [3.63, 3.8) is 0 Å². The lowest BCUT2D eigenvalue weighted by Crippen LogP contribution is -2.48.